The quantitative estimate of drug-likeness (QED) is 0.0578. The third-order valence-corrected chi connectivity index (χ3v) is 8.41. The zero-order chi connectivity index (χ0) is 38.5. The first-order chi connectivity index (χ1) is 26.2. The number of anilines is 4. The van der Waals surface area contributed by atoms with Gasteiger partial charge in [0.2, 0.25) is 0 Å². The topological polar surface area (TPSA) is 200 Å². The van der Waals surface area contributed by atoms with E-state index in [9.17, 15) is 8.78 Å². The largest absolute Gasteiger partial charge is 0.489 e. The fourth-order valence-electron chi connectivity index (χ4n) is 4.83. The van der Waals surface area contributed by atoms with Gasteiger partial charge in [0.15, 0.2) is 23.0 Å². The number of nitrogens with one attached hydrogen (secondary N) is 2. The van der Waals surface area contributed by atoms with Crippen molar-refractivity contribution >= 4 is 99.9 Å². The lowest BCUT2D eigenvalue weighted by atomic mass is 10.2. The second kappa shape index (κ2) is 21.7. The summed E-state index contributed by atoms with van der Waals surface area (Å²) < 4.78 is 49.6. The average Bonchev–Trinajstić information content (AvgIpc) is 3.17. The number of nitrogens with zero attached hydrogens (tertiary/aromatic N) is 4. The van der Waals surface area contributed by atoms with Crippen LogP contribution in [-0.2, 0) is 0 Å². The predicted molar refractivity (Wildman–Crippen MR) is 221 cm³/mol. The number of ether oxygens (including phenoxy) is 4. The smallest absolute Gasteiger partial charge is 0.163 e. The summed E-state index contributed by atoms with van der Waals surface area (Å²) in [7, 11) is 0. The van der Waals surface area contributed by atoms with Crippen LogP contribution < -0.4 is 47.2 Å². The molecule has 0 bridgehead atoms. The van der Waals surface area contributed by atoms with Crippen molar-refractivity contribution in [2.45, 2.75) is 0 Å². The Morgan fingerprint density at radius 2 is 0.945 bits per heavy atom. The maximum Gasteiger partial charge on any atom is 0.163 e. The Bertz CT molecular complexity index is 2040. The molecule has 292 valence electrons. The summed E-state index contributed by atoms with van der Waals surface area (Å²) in [5.74, 6) is 2.34. The number of hydrogen-bond acceptors (Lipinski definition) is 13. The van der Waals surface area contributed by atoms with Crippen LogP contribution in [0.15, 0.2) is 73.3 Å². The maximum absolute atomic E-state index is 13.4. The van der Waals surface area contributed by atoms with Gasteiger partial charge in [-0.15, -0.1) is 0 Å². The van der Waals surface area contributed by atoms with E-state index in [0.717, 1.165) is 5.39 Å². The summed E-state index contributed by atoms with van der Waals surface area (Å²) in [5.41, 5.74) is 13.6. The van der Waals surface area contributed by atoms with Gasteiger partial charge >= 0.3 is 0 Å². The van der Waals surface area contributed by atoms with E-state index in [4.69, 9.17) is 53.6 Å². The molecule has 2 aromatic heterocycles. The molecule has 0 aliphatic heterocycles. The number of aromatic nitrogens is 4. The van der Waals surface area contributed by atoms with E-state index < -0.39 is 11.6 Å². The highest BCUT2D eigenvalue weighted by molar-refractivity contribution is 9.09. The van der Waals surface area contributed by atoms with Crippen LogP contribution in [-0.4, -0.2) is 70.1 Å². The van der Waals surface area contributed by atoms with Crippen LogP contribution in [0.25, 0.3) is 21.8 Å². The monoisotopic (exact) mass is 925 g/mol. The molecule has 0 saturated heterocycles. The van der Waals surface area contributed by atoms with Crippen LogP contribution in [0.5, 0.6) is 23.0 Å². The molecule has 19 heteroatoms. The molecule has 0 fully saturated rings. The zero-order valence-corrected chi connectivity index (χ0v) is 33.8. The molecule has 0 saturated carbocycles. The van der Waals surface area contributed by atoms with Crippen LogP contribution in [0.1, 0.15) is 0 Å². The molecule has 0 spiro atoms. The summed E-state index contributed by atoms with van der Waals surface area (Å²) in [6.07, 6.45) is 2.87. The van der Waals surface area contributed by atoms with E-state index >= 15 is 0 Å². The van der Waals surface area contributed by atoms with E-state index in [-0.39, 0.29) is 16.2 Å². The number of rotatable bonds is 16. The van der Waals surface area contributed by atoms with Crippen molar-refractivity contribution in [3.8, 4) is 23.0 Å². The Morgan fingerprint density at radius 3 is 1.31 bits per heavy atom. The van der Waals surface area contributed by atoms with Gasteiger partial charge in [-0.1, -0.05) is 55.1 Å². The van der Waals surface area contributed by atoms with Crippen molar-refractivity contribution in [1.82, 2.24) is 26.1 Å². The minimum absolute atomic E-state index is 0. The number of fused-ring (bicyclic) bond motifs is 2. The normalized spacial score (nSPS) is 10.6. The third-order valence-electron chi connectivity index (χ3n) is 7.19. The Labute approximate surface area is 342 Å². The Kier molecular flexibility index (Phi) is 17.1. The fourth-order valence-corrected chi connectivity index (χ4v) is 5.52. The molecule has 0 unspecified atom stereocenters. The Morgan fingerprint density at radius 1 is 0.564 bits per heavy atom. The van der Waals surface area contributed by atoms with E-state index in [1.54, 1.807) is 24.3 Å². The molecule has 6 rings (SSSR count). The van der Waals surface area contributed by atoms with Crippen molar-refractivity contribution in [3.63, 3.8) is 0 Å². The minimum Gasteiger partial charge on any atom is -0.489 e. The molecule has 9 N–H and O–H groups in total. The van der Waals surface area contributed by atoms with E-state index in [0.29, 0.717) is 113 Å². The molecule has 0 aliphatic rings. The van der Waals surface area contributed by atoms with Gasteiger partial charge in [-0.3, -0.25) is 0 Å². The predicted octanol–water partition coefficient (Wildman–Crippen LogP) is 8.72. The molecule has 2 heterocycles. The van der Waals surface area contributed by atoms with Gasteiger partial charge in [0.25, 0.3) is 0 Å². The van der Waals surface area contributed by atoms with Crippen molar-refractivity contribution < 1.29 is 27.7 Å². The fraction of sp³-hybridized carbons (Fsp3) is 0.222. The third kappa shape index (κ3) is 11.8. The lowest BCUT2D eigenvalue weighted by Gasteiger charge is -2.15. The average molecular weight is 928 g/mol. The summed E-state index contributed by atoms with van der Waals surface area (Å²) >= 11 is 18.4. The number of halogens is 6. The van der Waals surface area contributed by atoms with Gasteiger partial charge in [-0.2, -0.15) is 0 Å². The first-order valence-corrected chi connectivity index (χ1v) is 19.3. The minimum atomic E-state index is -0.492. The number of hydrogen-bond donors (Lipinski definition) is 5. The van der Waals surface area contributed by atoms with E-state index in [1.807, 2.05) is 12.1 Å². The van der Waals surface area contributed by atoms with Crippen molar-refractivity contribution in [2.75, 3.05) is 60.8 Å². The lowest BCUT2D eigenvalue weighted by molar-refractivity contribution is 0.278. The molecule has 0 atom stereocenters. The molecular formula is C36H37Br2Cl2F2N9O4. The van der Waals surface area contributed by atoms with Gasteiger partial charge in [-0.05, 0) is 48.5 Å². The first kappa shape index (κ1) is 43.4. The van der Waals surface area contributed by atoms with Crippen molar-refractivity contribution in [2.24, 2.45) is 11.5 Å². The highest BCUT2D eigenvalue weighted by Gasteiger charge is 2.15. The van der Waals surface area contributed by atoms with Gasteiger partial charge in [0.05, 0.1) is 34.3 Å². The molecule has 4 aromatic carbocycles. The first-order valence-electron chi connectivity index (χ1n) is 16.3. The SMILES string of the molecule is Fc1ccc(Nc2ncnc3cc(OCCBr)c(OCCBr)cc23)cc1Cl.N.NCCOc1cc2ncnc(Nc3ccc(F)c(Cl)c3)c2cc1OCCN. The lowest BCUT2D eigenvalue weighted by Crippen LogP contribution is -2.14. The van der Waals surface area contributed by atoms with Gasteiger partial charge in [0, 0.05) is 58.0 Å². The summed E-state index contributed by atoms with van der Waals surface area (Å²) in [6, 6.07) is 15.9. The number of alkyl halides is 2. The summed E-state index contributed by atoms with van der Waals surface area (Å²) in [6.45, 7) is 2.39. The highest BCUT2D eigenvalue weighted by atomic mass is 79.9. The van der Waals surface area contributed by atoms with Crippen LogP contribution in [0.4, 0.5) is 31.8 Å². The van der Waals surface area contributed by atoms with E-state index in [2.05, 4.69) is 62.4 Å². The Balaban J connectivity index is 0.000000240. The second-order valence-electron chi connectivity index (χ2n) is 10.9. The van der Waals surface area contributed by atoms with Gasteiger partial charge in [-0.25, -0.2) is 28.7 Å². The molecule has 13 nitrogen and oxygen atoms in total. The summed E-state index contributed by atoms with van der Waals surface area (Å²) in [5, 5.41) is 9.14. The van der Waals surface area contributed by atoms with Crippen molar-refractivity contribution in [3.05, 3.63) is 95.0 Å². The van der Waals surface area contributed by atoms with Gasteiger partial charge in [0.1, 0.15) is 49.1 Å². The van der Waals surface area contributed by atoms with Crippen LogP contribution in [0.3, 0.4) is 0 Å². The number of nitrogens with two attached hydrogens (primary N) is 2. The second-order valence-corrected chi connectivity index (χ2v) is 13.3. The molecular weight excluding hydrogens is 891 g/mol. The molecule has 6 aromatic rings. The molecule has 55 heavy (non-hydrogen) atoms. The molecule has 0 amide bonds. The van der Waals surface area contributed by atoms with Crippen LogP contribution in [0, 0.1) is 11.6 Å². The van der Waals surface area contributed by atoms with E-state index in [1.165, 1.54) is 36.9 Å². The maximum atomic E-state index is 13.4. The molecule has 0 aliphatic carbocycles. The summed E-state index contributed by atoms with van der Waals surface area (Å²) in [4.78, 5) is 17.2. The van der Waals surface area contributed by atoms with Gasteiger partial charge < -0.3 is 47.2 Å². The van der Waals surface area contributed by atoms with Crippen LogP contribution >= 0.6 is 55.1 Å². The zero-order valence-electron chi connectivity index (χ0n) is 29.1. The number of benzene rings is 4. The molecule has 0 radical (unpaired) electrons. The van der Waals surface area contributed by atoms with Crippen LogP contribution in [0.2, 0.25) is 10.0 Å². The standard InChI is InChI=1S/C18H15Br2ClFN3O2.C18H19ClFN5O2.H3N/c19-3-5-26-16-8-12-15(9-17(16)27-6-4-20)23-10-24-18(12)25-11-1-2-14(22)13(21)7-11;19-13-7-11(1-2-14(13)20)25-18-12-8-16(26-5-3-21)17(27-6-4-22)9-15(12)23-10-24-18;/h1-2,7-10H,3-6H2,(H,23,24,25);1-2,7-10H,3-6,21-22H2,(H,23,24,25);1H3. The Hall–Kier alpha value is -4.36. The highest BCUT2D eigenvalue weighted by Crippen LogP contribution is 2.37. The van der Waals surface area contributed by atoms with Crippen molar-refractivity contribution in [1.29, 1.82) is 0 Å².